The summed E-state index contributed by atoms with van der Waals surface area (Å²) in [6, 6.07) is 0. The molecule has 0 aromatic rings. The largest absolute Gasteiger partial charge is 0.432 e. The van der Waals surface area contributed by atoms with E-state index >= 15 is 0 Å². The molecule has 10 heavy (non-hydrogen) atoms. The van der Waals surface area contributed by atoms with Gasteiger partial charge in [-0.15, -0.1) is 0 Å². The molecule has 0 aliphatic rings. The Morgan fingerprint density at radius 2 is 1.80 bits per heavy atom. The van der Waals surface area contributed by atoms with Crippen molar-refractivity contribution in [2.75, 3.05) is 6.54 Å². The van der Waals surface area contributed by atoms with Crippen LogP contribution < -0.4 is 5.73 Å². The number of rotatable bonds is 3. The van der Waals surface area contributed by atoms with Crippen LogP contribution in [0.5, 0.6) is 0 Å². The van der Waals surface area contributed by atoms with E-state index in [4.69, 9.17) is 5.73 Å². The van der Waals surface area contributed by atoms with Crippen LogP contribution in [0.2, 0.25) is 18.1 Å². The highest BCUT2D eigenvalue weighted by atomic mass is 28.4. The molecule has 0 saturated heterocycles. The topological polar surface area (TPSA) is 46.2 Å². The molecule has 0 fully saturated rings. The van der Waals surface area contributed by atoms with Crippen LogP contribution in [0.3, 0.4) is 0 Å². The molecule has 0 heterocycles. The van der Waals surface area contributed by atoms with Crippen molar-refractivity contribution in [3.63, 3.8) is 0 Å². The standard InChI is InChI=1S/C7H19NOSi/c1-7(2,5-6-8)10(3,4)9/h9H,5-6,8H2,1-4H3. The first-order valence-electron chi connectivity index (χ1n) is 3.74. The second-order valence-corrected chi connectivity index (χ2v) is 8.45. The van der Waals surface area contributed by atoms with Gasteiger partial charge in [-0.05, 0) is 31.1 Å². The molecule has 0 saturated carbocycles. The summed E-state index contributed by atoms with van der Waals surface area (Å²) in [4.78, 5) is 9.76. The minimum Gasteiger partial charge on any atom is -0.432 e. The molecule has 62 valence electrons. The van der Waals surface area contributed by atoms with Gasteiger partial charge in [0.05, 0.1) is 0 Å². The number of hydrogen-bond acceptors (Lipinski definition) is 2. The molecule has 0 aliphatic carbocycles. The molecule has 0 atom stereocenters. The van der Waals surface area contributed by atoms with Gasteiger partial charge in [0, 0.05) is 0 Å². The fraction of sp³-hybridized carbons (Fsp3) is 1.00. The Hall–Kier alpha value is 0.137. The second kappa shape index (κ2) is 3.03. The third kappa shape index (κ3) is 2.40. The summed E-state index contributed by atoms with van der Waals surface area (Å²) >= 11 is 0. The van der Waals surface area contributed by atoms with Crippen LogP contribution in [0, 0.1) is 0 Å². The van der Waals surface area contributed by atoms with Crippen molar-refractivity contribution in [1.82, 2.24) is 0 Å². The van der Waals surface area contributed by atoms with Gasteiger partial charge in [-0.2, -0.15) is 0 Å². The first-order chi connectivity index (χ1) is 4.31. The summed E-state index contributed by atoms with van der Waals surface area (Å²) < 4.78 is 0. The quantitative estimate of drug-likeness (QED) is 0.613. The zero-order chi connectivity index (χ0) is 8.41. The molecule has 0 aromatic carbocycles. The summed E-state index contributed by atoms with van der Waals surface area (Å²) in [6.45, 7) is 8.77. The molecule has 3 N–H and O–H groups in total. The number of hydrogen-bond donors (Lipinski definition) is 2. The van der Waals surface area contributed by atoms with Gasteiger partial charge in [0.2, 0.25) is 0 Å². The minimum atomic E-state index is -1.99. The lowest BCUT2D eigenvalue weighted by Gasteiger charge is -2.34. The van der Waals surface area contributed by atoms with E-state index in [2.05, 4.69) is 13.8 Å². The van der Waals surface area contributed by atoms with Gasteiger partial charge in [0.1, 0.15) is 0 Å². The van der Waals surface area contributed by atoms with Gasteiger partial charge < -0.3 is 10.5 Å². The van der Waals surface area contributed by atoms with Crippen molar-refractivity contribution >= 4 is 8.32 Å². The maximum atomic E-state index is 9.76. The molecule has 0 amide bonds. The molecule has 0 spiro atoms. The van der Waals surface area contributed by atoms with Gasteiger partial charge in [-0.3, -0.25) is 0 Å². The molecule has 3 heteroatoms. The van der Waals surface area contributed by atoms with Crippen LogP contribution in [0.15, 0.2) is 0 Å². The molecule has 0 radical (unpaired) electrons. The zero-order valence-corrected chi connectivity index (χ0v) is 8.44. The molecule has 0 aromatic heterocycles. The highest BCUT2D eigenvalue weighted by Crippen LogP contribution is 2.37. The van der Waals surface area contributed by atoms with Crippen LogP contribution in [0.1, 0.15) is 20.3 Å². The lowest BCUT2D eigenvalue weighted by Crippen LogP contribution is -2.40. The molecular formula is C7H19NOSi. The lowest BCUT2D eigenvalue weighted by atomic mass is 10.1. The van der Waals surface area contributed by atoms with E-state index < -0.39 is 8.32 Å². The Bertz CT molecular complexity index is 107. The predicted molar refractivity (Wildman–Crippen MR) is 47.4 cm³/mol. The van der Waals surface area contributed by atoms with E-state index in [9.17, 15) is 4.80 Å². The molecule has 0 unspecified atom stereocenters. The number of nitrogens with two attached hydrogens (primary N) is 1. The fourth-order valence-electron chi connectivity index (χ4n) is 0.667. The smallest absolute Gasteiger partial charge is 0.188 e. The SMILES string of the molecule is CC(C)(CCN)[Si](C)(C)O. The van der Waals surface area contributed by atoms with Crippen LogP contribution in [0.25, 0.3) is 0 Å². The maximum absolute atomic E-state index is 9.76. The van der Waals surface area contributed by atoms with E-state index in [1.54, 1.807) is 0 Å². The van der Waals surface area contributed by atoms with Crippen molar-refractivity contribution in [3.8, 4) is 0 Å². The zero-order valence-electron chi connectivity index (χ0n) is 7.44. The van der Waals surface area contributed by atoms with Gasteiger partial charge in [0.15, 0.2) is 8.32 Å². The summed E-state index contributed by atoms with van der Waals surface area (Å²) in [5, 5.41) is 0.0573. The normalized spacial score (nSPS) is 13.8. The van der Waals surface area contributed by atoms with Crippen LogP contribution in [0.4, 0.5) is 0 Å². The van der Waals surface area contributed by atoms with Crippen molar-refractivity contribution < 1.29 is 4.80 Å². The van der Waals surface area contributed by atoms with E-state index in [1.807, 2.05) is 13.1 Å². The van der Waals surface area contributed by atoms with Gasteiger partial charge in [-0.1, -0.05) is 13.8 Å². The van der Waals surface area contributed by atoms with Crippen molar-refractivity contribution in [2.24, 2.45) is 5.73 Å². The van der Waals surface area contributed by atoms with Crippen molar-refractivity contribution in [2.45, 2.75) is 38.4 Å². The Morgan fingerprint density at radius 3 is 1.90 bits per heavy atom. The van der Waals surface area contributed by atoms with Crippen molar-refractivity contribution in [3.05, 3.63) is 0 Å². The third-order valence-electron chi connectivity index (χ3n) is 2.43. The minimum absolute atomic E-state index is 0.0573. The predicted octanol–water partition coefficient (Wildman–Crippen LogP) is 1.31. The lowest BCUT2D eigenvalue weighted by molar-refractivity contribution is 0.454. The summed E-state index contributed by atoms with van der Waals surface area (Å²) in [7, 11) is -1.99. The van der Waals surface area contributed by atoms with E-state index in [-0.39, 0.29) is 5.04 Å². The third-order valence-corrected chi connectivity index (χ3v) is 5.99. The Balaban J connectivity index is 4.10. The second-order valence-electron chi connectivity index (χ2n) is 3.98. The highest BCUT2D eigenvalue weighted by Gasteiger charge is 2.36. The summed E-state index contributed by atoms with van der Waals surface area (Å²) in [5.74, 6) is 0. The molecule has 2 nitrogen and oxygen atoms in total. The molecular weight excluding hydrogens is 142 g/mol. The van der Waals surface area contributed by atoms with Crippen LogP contribution in [-0.2, 0) is 0 Å². The van der Waals surface area contributed by atoms with Crippen LogP contribution >= 0.6 is 0 Å². The Kier molecular flexibility index (Phi) is 3.07. The fourth-order valence-corrected chi connectivity index (χ4v) is 1.42. The van der Waals surface area contributed by atoms with Gasteiger partial charge in [0.25, 0.3) is 0 Å². The van der Waals surface area contributed by atoms with E-state index in [0.717, 1.165) is 6.42 Å². The Labute approximate surface area is 64.6 Å². The van der Waals surface area contributed by atoms with Gasteiger partial charge >= 0.3 is 0 Å². The molecule has 0 bridgehead atoms. The van der Waals surface area contributed by atoms with Crippen molar-refractivity contribution in [1.29, 1.82) is 0 Å². The molecule has 0 aliphatic heterocycles. The Morgan fingerprint density at radius 1 is 1.40 bits per heavy atom. The van der Waals surface area contributed by atoms with Gasteiger partial charge in [-0.25, -0.2) is 0 Å². The first kappa shape index (κ1) is 10.1. The summed E-state index contributed by atoms with van der Waals surface area (Å²) in [6.07, 6.45) is 0.919. The van der Waals surface area contributed by atoms with E-state index in [1.165, 1.54) is 0 Å². The first-order valence-corrected chi connectivity index (χ1v) is 6.68. The molecule has 0 rings (SSSR count). The van der Waals surface area contributed by atoms with E-state index in [0.29, 0.717) is 6.54 Å². The highest BCUT2D eigenvalue weighted by molar-refractivity contribution is 6.72. The monoisotopic (exact) mass is 161 g/mol. The average Bonchev–Trinajstić information content (AvgIpc) is 1.61. The average molecular weight is 161 g/mol. The van der Waals surface area contributed by atoms with Crippen LogP contribution in [-0.4, -0.2) is 19.7 Å². The summed E-state index contributed by atoms with van der Waals surface area (Å²) in [5.41, 5.74) is 5.42. The maximum Gasteiger partial charge on any atom is 0.188 e.